The van der Waals surface area contributed by atoms with Gasteiger partial charge in [-0.05, 0) is 69.2 Å². The average molecular weight is 513 g/mol. The number of benzene rings is 2. The molecule has 0 radical (unpaired) electrons. The molecule has 7 rings (SSSR count). The summed E-state index contributed by atoms with van der Waals surface area (Å²) in [5, 5.41) is 19.0. The first-order chi connectivity index (χ1) is 18.5. The highest BCUT2D eigenvalue weighted by molar-refractivity contribution is 6.02. The molecule has 0 spiro atoms. The minimum Gasteiger partial charge on any atom is -0.476 e. The number of aromatic nitrogens is 3. The summed E-state index contributed by atoms with van der Waals surface area (Å²) in [4.78, 5) is 14.2. The Kier molecular flexibility index (Phi) is 5.54. The van der Waals surface area contributed by atoms with Crippen LogP contribution in [0.4, 0.5) is 5.69 Å². The molecule has 3 aliphatic rings. The van der Waals surface area contributed by atoms with E-state index < -0.39 is 5.97 Å². The summed E-state index contributed by atoms with van der Waals surface area (Å²) >= 11 is 0. The van der Waals surface area contributed by atoms with Crippen molar-refractivity contribution >= 4 is 22.6 Å². The van der Waals surface area contributed by atoms with Crippen molar-refractivity contribution in [1.29, 1.82) is 0 Å². The summed E-state index contributed by atoms with van der Waals surface area (Å²) in [5.41, 5.74) is 6.36. The fraction of sp³-hybridized carbons (Fsp3) is 0.433. The van der Waals surface area contributed by atoms with Gasteiger partial charge in [0.25, 0.3) is 0 Å². The second kappa shape index (κ2) is 8.98. The van der Waals surface area contributed by atoms with Crippen LogP contribution in [0.3, 0.4) is 0 Å². The molecule has 2 aliphatic heterocycles. The Morgan fingerprint density at radius 3 is 2.58 bits per heavy atom. The van der Waals surface area contributed by atoms with Gasteiger partial charge in [0.1, 0.15) is 11.5 Å². The number of carbonyl (C=O) groups is 1. The van der Waals surface area contributed by atoms with Crippen molar-refractivity contribution in [1.82, 2.24) is 14.9 Å². The van der Waals surface area contributed by atoms with Gasteiger partial charge in [-0.2, -0.15) is 5.10 Å². The lowest BCUT2D eigenvalue weighted by Gasteiger charge is -2.40. The van der Waals surface area contributed by atoms with Gasteiger partial charge in [0.05, 0.1) is 18.2 Å². The van der Waals surface area contributed by atoms with Crippen molar-refractivity contribution in [2.45, 2.75) is 76.2 Å². The number of carboxylic acids is 1. The van der Waals surface area contributed by atoms with Crippen LogP contribution in [0.25, 0.3) is 22.2 Å². The van der Waals surface area contributed by atoms with Crippen molar-refractivity contribution in [2.75, 3.05) is 4.90 Å². The summed E-state index contributed by atoms with van der Waals surface area (Å²) in [6.45, 7) is 2.63. The van der Waals surface area contributed by atoms with Gasteiger partial charge < -0.3 is 19.3 Å². The van der Waals surface area contributed by atoms with Gasteiger partial charge in [0.15, 0.2) is 5.69 Å². The van der Waals surface area contributed by atoms with E-state index in [0.29, 0.717) is 30.0 Å². The Bertz CT molecular complexity index is 1520. The quantitative estimate of drug-likeness (QED) is 0.333. The van der Waals surface area contributed by atoms with E-state index in [4.69, 9.17) is 9.26 Å². The number of aromatic carboxylic acids is 1. The summed E-state index contributed by atoms with van der Waals surface area (Å²) in [5.74, 6) is 0.477. The third kappa shape index (κ3) is 3.89. The molecular formula is C30H32N4O4. The summed E-state index contributed by atoms with van der Waals surface area (Å²) in [6.07, 6.45) is 6.64. The van der Waals surface area contributed by atoms with Crippen LogP contribution < -0.4 is 4.90 Å². The smallest absolute Gasteiger partial charge is 0.357 e. The number of hydrogen-bond acceptors (Lipinski definition) is 6. The number of rotatable bonds is 7. The summed E-state index contributed by atoms with van der Waals surface area (Å²) in [7, 11) is 1.79. The minimum absolute atomic E-state index is 0.111. The Labute approximate surface area is 221 Å². The molecule has 1 aliphatic carbocycles. The molecule has 2 aromatic carbocycles. The van der Waals surface area contributed by atoms with Crippen molar-refractivity contribution in [3.8, 4) is 11.3 Å². The summed E-state index contributed by atoms with van der Waals surface area (Å²) < 4.78 is 14.1. The van der Waals surface area contributed by atoms with Crippen molar-refractivity contribution in [3.63, 3.8) is 0 Å². The van der Waals surface area contributed by atoms with E-state index in [-0.39, 0.29) is 11.8 Å². The third-order valence-corrected chi connectivity index (χ3v) is 8.65. The van der Waals surface area contributed by atoms with Crippen molar-refractivity contribution < 1.29 is 19.2 Å². The zero-order valence-corrected chi connectivity index (χ0v) is 21.8. The molecule has 1 saturated carbocycles. The third-order valence-electron chi connectivity index (χ3n) is 8.65. The van der Waals surface area contributed by atoms with Crippen LogP contribution in [-0.2, 0) is 18.4 Å². The molecule has 2 bridgehead atoms. The second-order valence-electron chi connectivity index (χ2n) is 11.1. The second-order valence-corrected chi connectivity index (χ2v) is 11.1. The predicted molar refractivity (Wildman–Crippen MR) is 143 cm³/mol. The molecule has 1 N–H and O–H groups in total. The van der Waals surface area contributed by atoms with E-state index in [1.807, 2.05) is 18.2 Å². The Morgan fingerprint density at radius 2 is 1.87 bits per heavy atom. The first kappa shape index (κ1) is 23.5. The molecule has 8 heteroatoms. The number of fused-ring (bicyclic) bond motifs is 3. The zero-order chi connectivity index (χ0) is 26.0. The maximum absolute atomic E-state index is 11.8. The zero-order valence-electron chi connectivity index (χ0n) is 21.8. The van der Waals surface area contributed by atoms with Gasteiger partial charge in [-0.1, -0.05) is 29.4 Å². The highest BCUT2D eigenvalue weighted by Gasteiger charge is 2.42. The first-order valence-corrected chi connectivity index (χ1v) is 13.6. The van der Waals surface area contributed by atoms with Gasteiger partial charge in [-0.3, -0.25) is 4.68 Å². The molecule has 8 nitrogen and oxygen atoms in total. The molecule has 3 fully saturated rings. The Hall–Kier alpha value is -3.65. The van der Waals surface area contributed by atoms with Crippen LogP contribution in [0.2, 0.25) is 0 Å². The maximum atomic E-state index is 11.8. The molecule has 4 aromatic rings. The lowest BCUT2D eigenvalue weighted by molar-refractivity contribution is 0.0147. The molecule has 0 amide bonds. The SMILES string of the molecule is Cc1ccccc1-c1noc(C2CC2)c1COC1CC2CC[C@@H](C1)N2c1ccc2c(c1)c(C(=O)O)nn2C. The van der Waals surface area contributed by atoms with Crippen LogP contribution in [0.5, 0.6) is 0 Å². The molecule has 196 valence electrons. The van der Waals surface area contributed by atoms with Crippen molar-refractivity contribution in [2.24, 2.45) is 7.05 Å². The molecule has 3 atom stereocenters. The fourth-order valence-electron chi connectivity index (χ4n) is 6.64. The van der Waals surface area contributed by atoms with Crippen LogP contribution in [0, 0.1) is 6.92 Å². The fourth-order valence-corrected chi connectivity index (χ4v) is 6.64. The van der Waals surface area contributed by atoms with Gasteiger partial charge in [0, 0.05) is 47.2 Å². The normalized spacial score (nSPS) is 22.9. The van der Waals surface area contributed by atoms with E-state index in [1.165, 1.54) is 5.56 Å². The number of piperidine rings is 1. The molecular weight excluding hydrogens is 480 g/mol. The van der Waals surface area contributed by atoms with Crippen LogP contribution in [0.1, 0.15) is 71.8 Å². The highest BCUT2D eigenvalue weighted by atomic mass is 16.5. The predicted octanol–water partition coefficient (Wildman–Crippen LogP) is 5.83. The van der Waals surface area contributed by atoms with E-state index in [2.05, 4.69) is 46.3 Å². The Morgan fingerprint density at radius 1 is 1.11 bits per heavy atom. The first-order valence-electron chi connectivity index (χ1n) is 13.6. The molecule has 2 aromatic heterocycles. The van der Waals surface area contributed by atoms with E-state index in [0.717, 1.165) is 72.3 Å². The van der Waals surface area contributed by atoms with E-state index in [1.54, 1.807) is 11.7 Å². The van der Waals surface area contributed by atoms with Gasteiger partial charge >= 0.3 is 5.97 Å². The largest absolute Gasteiger partial charge is 0.476 e. The van der Waals surface area contributed by atoms with Gasteiger partial charge in [-0.25, -0.2) is 4.79 Å². The van der Waals surface area contributed by atoms with Gasteiger partial charge in [0.2, 0.25) is 0 Å². The highest BCUT2D eigenvalue weighted by Crippen LogP contribution is 2.45. The number of ether oxygens (including phenoxy) is 1. The maximum Gasteiger partial charge on any atom is 0.357 e. The average Bonchev–Trinajstić information content (AvgIpc) is 3.50. The lowest BCUT2D eigenvalue weighted by Crippen LogP contribution is -2.45. The Balaban J connectivity index is 1.11. The van der Waals surface area contributed by atoms with Gasteiger partial charge in [-0.15, -0.1) is 0 Å². The monoisotopic (exact) mass is 512 g/mol. The van der Waals surface area contributed by atoms with Crippen LogP contribution >= 0.6 is 0 Å². The topological polar surface area (TPSA) is 93.6 Å². The summed E-state index contributed by atoms with van der Waals surface area (Å²) in [6, 6.07) is 15.2. The lowest BCUT2D eigenvalue weighted by atomic mass is 9.97. The van der Waals surface area contributed by atoms with Crippen molar-refractivity contribution in [3.05, 3.63) is 65.0 Å². The molecule has 2 saturated heterocycles. The van der Waals surface area contributed by atoms with E-state index >= 15 is 0 Å². The number of hydrogen-bond donors (Lipinski definition) is 1. The van der Waals surface area contributed by atoms with E-state index in [9.17, 15) is 9.90 Å². The number of nitrogens with zero attached hydrogens (tertiary/aromatic N) is 4. The van der Waals surface area contributed by atoms with Crippen LogP contribution in [0.15, 0.2) is 47.0 Å². The standard InChI is InChI=1S/C30H32N4O4/c1-17-5-3-4-6-23(17)27-25(29(38-32-27)18-7-8-18)16-37-22-13-19-9-10-20(14-22)34(19)21-11-12-26-24(15-21)28(30(35)36)31-33(26)2/h3-6,11-12,15,18-20,22H,7-10,13-14,16H2,1-2H3,(H,35,36)/t19-,20?,22?/m0/s1. The molecule has 2 unspecified atom stereocenters. The minimum atomic E-state index is -0.993. The molecule has 38 heavy (non-hydrogen) atoms. The number of carboxylic acid groups (broad SMARTS) is 1. The number of aryl methyl sites for hydroxylation is 2. The number of anilines is 1. The molecule has 4 heterocycles. The van der Waals surface area contributed by atoms with Crippen LogP contribution in [-0.4, -0.2) is 44.2 Å².